The Morgan fingerprint density at radius 1 is 1.26 bits per heavy atom. The van der Waals surface area contributed by atoms with Crippen LogP contribution in [0.1, 0.15) is 13.8 Å². The number of amides is 1. The molecule has 0 heterocycles. The lowest BCUT2D eigenvalue weighted by Crippen LogP contribution is -2.37. The number of hydrogen-bond donors (Lipinski definition) is 2. The molecule has 1 aromatic carbocycles. The fourth-order valence-corrected chi connectivity index (χ4v) is 2.41. The molecule has 0 fully saturated rings. The molecule has 0 aliphatic heterocycles. The molecule has 0 spiro atoms. The summed E-state index contributed by atoms with van der Waals surface area (Å²) in [5.41, 5.74) is -1.07. The number of ether oxygens (including phenoxy) is 1. The molecule has 1 amide bonds. The van der Waals surface area contributed by atoms with Crippen molar-refractivity contribution < 1.29 is 19.4 Å². The van der Waals surface area contributed by atoms with Gasteiger partial charge < -0.3 is 15.2 Å². The van der Waals surface area contributed by atoms with Crippen molar-refractivity contribution in [1.29, 1.82) is 0 Å². The first kappa shape index (κ1) is 16.0. The molecule has 7 heteroatoms. The number of aliphatic carboxylic acids is 1. The van der Waals surface area contributed by atoms with Gasteiger partial charge in [0.25, 0.3) is 0 Å². The summed E-state index contributed by atoms with van der Waals surface area (Å²) in [5.74, 6) is -1.26. The molecular formula is C12H13Br2NO4. The van der Waals surface area contributed by atoms with Crippen LogP contribution >= 0.6 is 31.9 Å². The number of carbonyl (C=O) groups is 2. The maximum absolute atomic E-state index is 11.9. The van der Waals surface area contributed by atoms with E-state index in [2.05, 4.69) is 37.2 Å². The summed E-state index contributed by atoms with van der Waals surface area (Å²) >= 11 is 6.60. The van der Waals surface area contributed by atoms with Gasteiger partial charge >= 0.3 is 5.97 Å². The second-order valence-corrected chi connectivity index (χ2v) is 6.06. The summed E-state index contributed by atoms with van der Waals surface area (Å²) in [6.45, 7) is 2.68. The molecular weight excluding hydrogens is 382 g/mol. The maximum atomic E-state index is 11.9. The Balaban J connectivity index is 3.07. The number of rotatable bonds is 4. The van der Waals surface area contributed by atoms with E-state index >= 15 is 0 Å². The number of hydrogen-bond acceptors (Lipinski definition) is 3. The van der Waals surface area contributed by atoms with Crippen molar-refractivity contribution in [1.82, 2.24) is 0 Å². The average Bonchev–Trinajstić information content (AvgIpc) is 2.32. The molecule has 0 radical (unpaired) electrons. The van der Waals surface area contributed by atoms with E-state index < -0.39 is 17.3 Å². The van der Waals surface area contributed by atoms with E-state index in [1.807, 2.05) is 0 Å². The molecule has 0 saturated heterocycles. The first-order valence-electron chi connectivity index (χ1n) is 5.28. The van der Waals surface area contributed by atoms with E-state index in [9.17, 15) is 9.59 Å². The molecule has 0 aromatic heterocycles. The van der Waals surface area contributed by atoms with E-state index in [1.165, 1.54) is 21.0 Å². The maximum Gasteiger partial charge on any atom is 0.318 e. The van der Waals surface area contributed by atoms with E-state index in [-0.39, 0.29) is 0 Å². The minimum Gasteiger partial charge on any atom is -0.495 e. The van der Waals surface area contributed by atoms with Gasteiger partial charge in [-0.05, 0) is 51.8 Å². The molecule has 2 N–H and O–H groups in total. The second kappa shape index (κ2) is 5.92. The van der Waals surface area contributed by atoms with E-state index in [0.29, 0.717) is 15.9 Å². The number of carboxylic acid groups (broad SMARTS) is 1. The summed E-state index contributed by atoms with van der Waals surface area (Å²) in [6.07, 6.45) is 0. The van der Waals surface area contributed by atoms with Crippen LogP contribution in [0.15, 0.2) is 21.1 Å². The highest BCUT2D eigenvalue weighted by atomic mass is 79.9. The Morgan fingerprint density at radius 2 is 1.84 bits per heavy atom. The fourth-order valence-electron chi connectivity index (χ4n) is 1.16. The van der Waals surface area contributed by atoms with Gasteiger partial charge in [-0.25, -0.2) is 0 Å². The molecule has 1 aromatic rings. The van der Waals surface area contributed by atoms with Crippen molar-refractivity contribution in [2.24, 2.45) is 5.41 Å². The van der Waals surface area contributed by atoms with Gasteiger partial charge in [-0.15, -0.1) is 0 Å². The number of nitrogens with one attached hydrogen (secondary N) is 1. The molecule has 0 bridgehead atoms. The average molecular weight is 395 g/mol. The first-order valence-corrected chi connectivity index (χ1v) is 6.86. The van der Waals surface area contributed by atoms with Crippen molar-refractivity contribution in [3.05, 3.63) is 21.1 Å². The Bertz CT molecular complexity index is 529. The zero-order valence-electron chi connectivity index (χ0n) is 10.6. The molecule has 5 nitrogen and oxygen atoms in total. The third-order valence-electron chi connectivity index (χ3n) is 2.59. The van der Waals surface area contributed by atoms with Gasteiger partial charge in [0.05, 0.1) is 17.3 Å². The van der Waals surface area contributed by atoms with Crippen LogP contribution in [0.3, 0.4) is 0 Å². The van der Waals surface area contributed by atoms with Crippen LogP contribution < -0.4 is 10.1 Å². The van der Waals surface area contributed by atoms with E-state index in [1.54, 1.807) is 12.1 Å². The van der Waals surface area contributed by atoms with Crippen molar-refractivity contribution in [2.45, 2.75) is 13.8 Å². The van der Waals surface area contributed by atoms with Crippen molar-refractivity contribution >= 4 is 49.4 Å². The minimum absolute atomic E-state index is 0.444. The Morgan fingerprint density at radius 3 is 2.32 bits per heavy atom. The summed E-state index contributed by atoms with van der Waals surface area (Å²) in [5, 5.41) is 11.6. The molecule has 0 saturated carbocycles. The molecule has 104 valence electrons. The standard InChI is InChI=1S/C12H13Br2NO4/c1-12(2,11(17)18)10(16)15-8-5-9(19-3)7(14)4-6(8)13/h4-5H,1-3H3,(H,15,16)(H,17,18). The Labute approximate surface area is 127 Å². The zero-order chi connectivity index (χ0) is 14.8. The van der Waals surface area contributed by atoms with Gasteiger partial charge in [-0.3, -0.25) is 9.59 Å². The molecule has 0 unspecified atom stereocenters. The van der Waals surface area contributed by atoms with Crippen LogP contribution in [-0.4, -0.2) is 24.1 Å². The lowest BCUT2D eigenvalue weighted by atomic mass is 9.92. The lowest BCUT2D eigenvalue weighted by molar-refractivity contribution is -0.151. The highest BCUT2D eigenvalue weighted by molar-refractivity contribution is 9.11. The summed E-state index contributed by atoms with van der Waals surface area (Å²) in [7, 11) is 1.50. The van der Waals surface area contributed by atoms with Gasteiger partial charge in [0, 0.05) is 10.5 Å². The van der Waals surface area contributed by atoms with Crippen LogP contribution in [0.4, 0.5) is 5.69 Å². The third kappa shape index (κ3) is 3.48. The number of anilines is 1. The van der Waals surface area contributed by atoms with Crippen LogP contribution in [0.2, 0.25) is 0 Å². The van der Waals surface area contributed by atoms with Crippen molar-refractivity contribution in [2.75, 3.05) is 12.4 Å². The second-order valence-electron chi connectivity index (χ2n) is 4.35. The summed E-state index contributed by atoms with van der Waals surface area (Å²) in [6, 6.07) is 3.31. The Kier molecular flexibility index (Phi) is 4.98. The largest absolute Gasteiger partial charge is 0.495 e. The van der Waals surface area contributed by atoms with Gasteiger partial charge in [0.1, 0.15) is 11.2 Å². The SMILES string of the molecule is COc1cc(NC(=O)C(C)(C)C(=O)O)c(Br)cc1Br. The predicted molar refractivity (Wildman–Crippen MR) is 78.4 cm³/mol. The minimum atomic E-state index is -1.51. The van der Waals surface area contributed by atoms with Gasteiger partial charge in [-0.2, -0.15) is 0 Å². The zero-order valence-corrected chi connectivity index (χ0v) is 13.8. The summed E-state index contributed by atoms with van der Waals surface area (Å²) in [4.78, 5) is 23.0. The number of carbonyl (C=O) groups excluding carboxylic acids is 1. The van der Waals surface area contributed by atoms with Crippen LogP contribution in [0.5, 0.6) is 5.75 Å². The number of methoxy groups -OCH3 is 1. The number of carboxylic acids is 1. The highest BCUT2D eigenvalue weighted by Gasteiger charge is 2.36. The van der Waals surface area contributed by atoms with E-state index in [4.69, 9.17) is 9.84 Å². The smallest absolute Gasteiger partial charge is 0.318 e. The molecule has 19 heavy (non-hydrogen) atoms. The van der Waals surface area contributed by atoms with Gasteiger partial charge in [0.15, 0.2) is 0 Å². The Hall–Kier alpha value is -1.08. The first-order chi connectivity index (χ1) is 8.70. The normalized spacial score (nSPS) is 11.0. The molecule has 0 atom stereocenters. The van der Waals surface area contributed by atoms with Gasteiger partial charge in [0.2, 0.25) is 5.91 Å². The summed E-state index contributed by atoms with van der Waals surface area (Å²) < 4.78 is 6.46. The number of halogens is 2. The van der Waals surface area contributed by atoms with Crippen molar-refractivity contribution in [3.8, 4) is 5.75 Å². The van der Waals surface area contributed by atoms with Crippen LogP contribution in [-0.2, 0) is 9.59 Å². The van der Waals surface area contributed by atoms with Crippen LogP contribution in [0, 0.1) is 5.41 Å². The lowest BCUT2D eigenvalue weighted by Gasteiger charge is -2.19. The molecule has 0 aliphatic carbocycles. The molecule has 0 aliphatic rings. The third-order valence-corrected chi connectivity index (χ3v) is 3.87. The van der Waals surface area contributed by atoms with Crippen molar-refractivity contribution in [3.63, 3.8) is 0 Å². The molecule has 1 rings (SSSR count). The monoisotopic (exact) mass is 393 g/mol. The van der Waals surface area contributed by atoms with E-state index in [0.717, 1.165) is 4.47 Å². The quantitative estimate of drug-likeness (QED) is 0.768. The topological polar surface area (TPSA) is 75.6 Å². The number of benzene rings is 1. The highest BCUT2D eigenvalue weighted by Crippen LogP contribution is 2.35. The van der Waals surface area contributed by atoms with Crippen LogP contribution in [0.25, 0.3) is 0 Å². The predicted octanol–water partition coefficient (Wildman–Crippen LogP) is 3.27. The fraction of sp³-hybridized carbons (Fsp3) is 0.333. The van der Waals surface area contributed by atoms with Gasteiger partial charge in [-0.1, -0.05) is 0 Å².